The Hall–Kier alpha value is -0.240. The van der Waals surface area contributed by atoms with Crippen molar-refractivity contribution in [3.63, 3.8) is 0 Å². The summed E-state index contributed by atoms with van der Waals surface area (Å²) in [6.45, 7) is 12.2. The fourth-order valence-electron chi connectivity index (χ4n) is 2.20. The van der Waals surface area contributed by atoms with Gasteiger partial charge >= 0.3 is 0 Å². The van der Waals surface area contributed by atoms with E-state index < -0.39 is 0 Å². The Morgan fingerprint density at radius 2 is 1.78 bits per heavy atom. The Bertz CT molecular complexity index is 183. The van der Waals surface area contributed by atoms with Gasteiger partial charge in [-0.05, 0) is 0 Å². The molecule has 1 rings (SSSR count). The number of piperazine rings is 1. The van der Waals surface area contributed by atoms with Crippen LogP contribution >= 0.6 is 0 Å². The zero-order valence-electron chi connectivity index (χ0n) is 11.5. The molecule has 0 aromatic heterocycles. The standard InChI is InChI=1S/C12H30N6/c13-1-3-15-4-8-17(7-2-14)11-12-18-9-5-16-6-10-18/h15-16H,1-14H2. The summed E-state index contributed by atoms with van der Waals surface area (Å²) in [6, 6.07) is 0. The summed E-state index contributed by atoms with van der Waals surface area (Å²) in [6.07, 6.45) is 0. The van der Waals surface area contributed by atoms with Crippen molar-refractivity contribution < 1.29 is 0 Å². The Morgan fingerprint density at radius 3 is 2.44 bits per heavy atom. The molecule has 1 heterocycles. The second kappa shape index (κ2) is 10.7. The Labute approximate surface area is 111 Å². The molecule has 0 aromatic rings. The molecule has 0 aromatic carbocycles. The van der Waals surface area contributed by atoms with Crippen LogP contribution in [-0.4, -0.2) is 88.3 Å². The predicted octanol–water partition coefficient (Wildman–Crippen LogP) is -2.30. The van der Waals surface area contributed by atoms with E-state index >= 15 is 0 Å². The van der Waals surface area contributed by atoms with Crippen molar-refractivity contribution in [1.82, 2.24) is 20.4 Å². The van der Waals surface area contributed by atoms with Gasteiger partial charge in [-0.25, -0.2) is 0 Å². The monoisotopic (exact) mass is 258 g/mol. The minimum absolute atomic E-state index is 0.706. The van der Waals surface area contributed by atoms with E-state index in [4.69, 9.17) is 11.5 Å². The molecule has 0 bridgehead atoms. The molecule has 6 N–H and O–H groups in total. The van der Waals surface area contributed by atoms with Crippen molar-refractivity contribution in [1.29, 1.82) is 0 Å². The summed E-state index contributed by atoms with van der Waals surface area (Å²) in [5.74, 6) is 0. The maximum atomic E-state index is 5.66. The fourth-order valence-corrected chi connectivity index (χ4v) is 2.20. The summed E-state index contributed by atoms with van der Waals surface area (Å²) < 4.78 is 0. The normalized spacial score (nSPS) is 17.5. The largest absolute Gasteiger partial charge is 0.329 e. The predicted molar refractivity (Wildman–Crippen MR) is 76.7 cm³/mol. The van der Waals surface area contributed by atoms with E-state index in [1.165, 1.54) is 13.1 Å². The van der Waals surface area contributed by atoms with Crippen molar-refractivity contribution in [2.24, 2.45) is 11.5 Å². The Morgan fingerprint density at radius 1 is 1.00 bits per heavy atom. The molecule has 0 saturated carbocycles. The first-order valence-electron chi connectivity index (χ1n) is 7.13. The average molecular weight is 258 g/mol. The first kappa shape index (κ1) is 15.8. The molecule has 1 aliphatic heterocycles. The number of hydrogen-bond acceptors (Lipinski definition) is 6. The SMILES string of the molecule is NCCNCCN(CCN)CCN1CCNCC1. The van der Waals surface area contributed by atoms with Crippen LogP contribution in [0.25, 0.3) is 0 Å². The smallest absolute Gasteiger partial charge is 0.0110 e. The van der Waals surface area contributed by atoms with Gasteiger partial charge in [-0.3, -0.25) is 9.80 Å². The lowest BCUT2D eigenvalue weighted by Gasteiger charge is -2.30. The van der Waals surface area contributed by atoms with Crippen LogP contribution < -0.4 is 22.1 Å². The van der Waals surface area contributed by atoms with Crippen molar-refractivity contribution in [2.45, 2.75) is 0 Å². The maximum Gasteiger partial charge on any atom is 0.0110 e. The van der Waals surface area contributed by atoms with Gasteiger partial charge in [-0.15, -0.1) is 0 Å². The minimum Gasteiger partial charge on any atom is -0.329 e. The van der Waals surface area contributed by atoms with E-state index in [0.29, 0.717) is 6.54 Å². The van der Waals surface area contributed by atoms with Crippen LogP contribution in [0.2, 0.25) is 0 Å². The van der Waals surface area contributed by atoms with Crippen LogP contribution in [-0.2, 0) is 0 Å². The molecule has 0 amide bonds. The van der Waals surface area contributed by atoms with Crippen LogP contribution in [0.15, 0.2) is 0 Å². The lowest BCUT2D eigenvalue weighted by molar-refractivity contribution is 0.191. The second-order valence-corrected chi connectivity index (χ2v) is 4.76. The summed E-state index contributed by atoms with van der Waals surface area (Å²) in [5.41, 5.74) is 11.1. The minimum atomic E-state index is 0.706. The second-order valence-electron chi connectivity index (χ2n) is 4.76. The molecule has 0 atom stereocenters. The zero-order chi connectivity index (χ0) is 13.1. The van der Waals surface area contributed by atoms with Gasteiger partial charge in [-0.1, -0.05) is 0 Å². The van der Waals surface area contributed by atoms with Gasteiger partial charge in [0.2, 0.25) is 0 Å². The van der Waals surface area contributed by atoms with E-state index in [0.717, 1.165) is 58.9 Å². The summed E-state index contributed by atoms with van der Waals surface area (Å²) >= 11 is 0. The van der Waals surface area contributed by atoms with E-state index in [2.05, 4.69) is 20.4 Å². The van der Waals surface area contributed by atoms with Gasteiger partial charge in [0.1, 0.15) is 0 Å². The Balaban J connectivity index is 2.11. The molecular formula is C12H30N6. The van der Waals surface area contributed by atoms with Crippen LogP contribution in [0, 0.1) is 0 Å². The highest BCUT2D eigenvalue weighted by Gasteiger charge is 2.11. The molecule has 1 aliphatic rings. The third-order valence-corrected chi connectivity index (χ3v) is 3.31. The lowest BCUT2D eigenvalue weighted by atomic mass is 10.3. The van der Waals surface area contributed by atoms with E-state index in [9.17, 15) is 0 Å². The van der Waals surface area contributed by atoms with Crippen molar-refractivity contribution in [3.8, 4) is 0 Å². The van der Waals surface area contributed by atoms with E-state index in [1.54, 1.807) is 0 Å². The third kappa shape index (κ3) is 7.25. The van der Waals surface area contributed by atoms with Crippen molar-refractivity contribution in [2.75, 3.05) is 78.5 Å². The zero-order valence-corrected chi connectivity index (χ0v) is 11.5. The third-order valence-electron chi connectivity index (χ3n) is 3.31. The van der Waals surface area contributed by atoms with Crippen LogP contribution in [0.5, 0.6) is 0 Å². The summed E-state index contributed by atoms with van der Waals surface area (Å²) in [7, 11) is 0. The van der Waals surface area contributed by atoms with Crippen molar-refractivity contribution in [3.05, 3.63) is 0 Å². The number of nitrogens with two attached hydrogens (primary N) is 2. The van der Waals surface area contributed by atoms with Crippen LogP contribution in [0.4, 0.5) is 0 Å². The van der Waals surface area contributed by atoms with Gasteiger partial charge in [0.15, 0.2) is 0 Å². The number of nitrogens with zero attached hydrogens (tertiary/aromatic N) is 2. The molecule has 0 aliphatic carbocycles. The number of nitrogens with one attached hydrogen (secondary N) is 2. The van der Waals surface area contributed by atoms with Gasteiger partial charge in [0, 0.05) is 78.5 Å². The first-order valence-corrected chi connectivity index (χ1v) is 7.13. The number of rotatable bonds is 10. The molecule has 0 spiro atoms. The van der Waals surface area contributed by atoms with Gasteiger partial charge in [0.25, 0.3) is 0 Å². The highest BCUT2D eigenvalue weighted by atomic mass is 15.2. The average Bonchev–Trinajstić information content (AvgIpc) is 2.42. The topological polar surface area (TPSA) is 82.6 Å². The maximum absolute atomic E-state index is 5.66. The molecular weight excluding hydrogens is 228 g/mol. The number of hydrogen-bond donors (Lipinski definition) is 4. The molecule has 6 heteroatoms. The highest BCUT2D eigenvalue weighted by molar-refractivity contribution is 4.70. The molecule has 108 valence electrons. The van der Waals surface area contributed by atoms with E-state index in [-0.39, 0.29) is 0 Å². The molecule has 6 nitrogen and oxygen atoms in total. The molecule has 18 heavy (non-hydrogen) atoms. The quantitative estimate of drug-likeness (QED) is 0.330. The molecule has 1 saturated heterocycles. The van der Waals surface area contributed by atoms with Crippen molar-refractivity contribution >= 4 is 0 Å². The first-order chi connectivity index (χ1) is 8.86. The van der Waals surface area contributed by atoms with E-state index in [1.807, 2.05) is 0 Å². The molecule has 0 radical (unpaired) electrons. The summed E-state index contributed by atoms with van der Waals surface area (Å²) in [4.78, 5) is 4.96. The van der Waals surface area contributed by atoms with Gasteiger partial charge in [-0.2, -0.15) is 0 Å². The summed E-state index contributed by atoms with van der Waals surface area (Å²) in [5, 5.41) is 6.71. The van der Waals surface area contributed by atoms with Gasteiger partial charge in [0.05, 0.1) is 0 Å². The Kier molecular flexibility index (Phi) is 9.37. The molecule has 0 unspecified atom stereocenters. The molecule has 1 fully saturated rings. The van der Waals surface area contributed by atoms with Crippen LogP contribution in [0.1, 0.15) is 0 Å². The lowest BCUT2D eigenvalue weighted by Crippen LogP contribution is -2.47. The highest BCUT2D eigenvalue weighted by Crippen LogP contribution is 1.94. The van der Waals surface area contributed by atoms with Gasteiger partial charge < -0.3 is 22.1 Å². The fraction of sp³-hybridized carbons (Fsp3) is 1.00. The van der Waals surface area contributed by atoms with Crippen LogP contribution in [0.3, 0.4) is 0 Å².